The van der Waals surface area contributed by atoms with Gasteiger partial charge in [-0.2, -0.15) is 0 Å². The molecule has 0 unspecified atom stereocenters. The number of amides is 1. The molecule has 8 heteroatoms. The number of hydrogen-bond donors (Lipinski definition) is 0. The second-order valence-corrected chi connectivity index (χ2v) is 7.25. The molecule has 0 spiro atoms. The molecule has 0 fully saturated rings. The zero-order valence-electron chi connectivity index (χ0n) is 13.8. The maximum Gasteiger partial charge on any atom is 0.247 e. The van der Waals surface area contributed by atoms with Crippen LogP contribution in [0.15, 0.2) is 48.5 Å². The number of hydrogen-bond acceptors (Lipinski definition) is 3. The molecule has 1 amide bonds. The van der Waals surface area contributed by atoms with Crippen molar-refractivity contribution in [1.29, 1.82) is 0 Å². The van der Waals surface area contributed by atoms with E-state index in [1.165, 1.54) is 4.90 Å². The lowest BCUT2D eigenvalue weighted by Gasteiger charge is -2.27. The molecule has 134 valence electrons. The molecular weight excluding hydrogens is 350 g/mol. The highest BCUT2D eigenvalue weighted by Crippen LogP contribution is 2.21. The van der Waals surface area contributed by atoms with E-state index in [9.17, 15) is 22.0 Å². The van der Waals surface area contributed by atoms with Gasteiger partial charge >= 0.3 is 0 Å². The van der Waals surface area contributed by atoms with Crippen molar-refractivity contribution in [3.05, 3.63) is 60.2 Å². The van der Waals surface area contributed by atoms with E-state index in [-0.39, 0.29) is 5.69 Å². The van der Waals surface area contributed by atoms with Crippen molar-refractivity contribution in [3.63, 3.8) is 0 Å². The number of carbonyl (C=O) groups is 1. The van der Waals surface area contributed by atoms with E-state index in [4.69, 9.17) is 0 Å². The predicted molar refractivity (Wildman–Crippen MR) is 93.0 cm³/mol. The zero-order chi connectivity index (χ0) is 18.6. The summed E-state index contributed by atoms with van der Waals surface area (Å²) in [6, 6.07) is 11.5. The first kappa shape index (κ1) is 18.9. The molecule has 2 rings (SSSR count). The Morgan fingerprint density at radius 3 is 2.16 bits per heavy atom. The Bertz CT molecular complexity index is 857. The molecule has 0 aromatic heterocycles. The van der Waals surface area contributed by atoms with Crippen molar-refractivity contribution in [3.8, 4) is 0 Å². The number of rotatable bonds is 6. The summed E-state index contributed by atoms with van der Waals surface area (Å²) in [4.78, 5) is 14.0. The zero-order valence-corrected chi connectivity index (χ0v) is 14.6. The molecule has 0 aliphatic heterocycles. The lowest BCUT2D eigenvalue weighted by Crippen LogP contribution is -2.43. The Balaban J connectivity index is 2.34. The summed E-state index contributed by atoms with van der Waals surface area (Å²) in [6.45, 7) is 1.57. The third-order valence-corrected chi connectivity index (χ3v) is 4.70. The first-order valence-corrected chi connectivity index (χ1v) is 9.37. The van der Waals surface area contributed by atoms with Crippen molar-refractivity contribution in [2.24, 2.45) is 0 Å². The summed E-state index contributed by atoms with van der Waals surface area (Å²) in [5.41, 5.74) is 0.507. The van der Waals surface area contributed by atoms with Gasteiger partial charge in [-0.25, -0.2) is 17.2 Å². The minimum atomic E-state index is -3.87. The van der Waals surface area contributed by atoms with Crippen molar-refractivity contribution in [2.75, 3.05) is 28.6 Å². The van der Waals surface area contributed by atoms with Gasteiger partial charge in [-0.1, -0.05) is 18.2 Å². The minimum Gasteiger partial charge on any atom is -0.311 e. The summed E-state index contributed by atoms with van der Waals surface area (Å²) in [6.07, 6.45) is 0.903. The highest BCUT2D eigenvalue weighted by molar-refractivity contribution is 7.92. The number of sulfonamides is 1. The van der Waals surface area contributed by atoms with E-state index in [2.05, 4.69) is 0 Å². The smallest absolute Gasteiger partial charge is 0.247 e. The van der Waals surface area contributed by atoms with Gasteiger partial charge in [0.05, 0.1) is 11.9 Å². The van der Waals surface area contributed by atoms with Crippen LogP contribution in [0, 0.1) is 11.6 Å². The van der Waals surface area contributed by atoms with Gasteiger partial charge in [0.25, 0.3) is 0 Å². The summed E-state index contributed by atoms with van der Waals surface area (Å²) < 4.78 is 51.4. The van der Waals surface area contributed by atoms with Gasteiger partial charge in [-0.15, -0.1) is 0 Å². The van der Waals surface area contributed by atoms with Crippen LogP contribution in [-0.4, -0.2) is 33.7 Å². The topological polar surface area (TPSA) is 57.7 Å². The SMILES string of the molecule is CCN(C(=O)CN(c1ccc(F)c(F)c1)S(C)(=O)=O)c1ccccc1. The Labute approximate surface area is 145 Å². The molecule has 5 nitrogen and oxygen atoms in total. The maximum absolute atomic E-state index is 13.5. The molecular formula is C17H18F2N2O3S. The van der Waals surface area contributed by atoms with Gasteiger partial charge in [0.1, 0.15) is 6.54 Å². The van der Waals surface area contributed by atoms with Crippen LogP contribution in [-0.2, 0) is 14.8 Å². The number of halogens is 2. The normalized spacial score (nSPS) is 11.2. The van der Waals surface area contributed by atoms with E-state index in [0.717, 1.165) is 28.8 Å². The van der Waals surface area contributed by atoms with Crippen molar-refractivity contribution in [2.45, 2.75) is 6.92 Å². The highest BCUT2D eigenvalue weighted by Gasteiger charge is 2.25. The Morgan fingerprint density at radius 2 is 1.64 bits per heavy atom. The molecule has 0 saturated carbocycles. The Hall–Kier alpha value is -2.48. The van der Waals surface area contributed by atoms with Crippen LogP contribution in [0.2, 0.25) is 0 Å². The van der Waals surface area contributed by atoms with E-state index >= 15 is 0 Å². The summed E-state index contributed by atoms with van der Waals surface area (Å²) in [5.74, 6) is -2.76. The predicted octanol–water partition coefficient (Wildman–Crippen LogP) is 2.78. The van der Waals surface area contributed by atoms with Crippen molar-refractivity contribution < 1.29 is 22.0 Å². The number of benzene rings is 2. The number of anilines is 2. The van der Waals surface area contributed by atoms with Crippen molar-refractivity contribution >= 4 is 27.3 Å². The summed E-state index contributed by atoms with van der Waals surface area (Å²) in [7, 11) is -3.87. The molecule has 0 atom stereocenters. The Morgan fingerprint density at radius 1 is 1.00 bits per heavy atom. The fourth-order valence-electron chi connectivity index (χ4n) is 2.36. The minimum absolute atomic E-state index is 0.112. The highest BCUT2D eigenvalue weighted by atomic mass is 32.2. The average Bonchev–Trinajstić information content (AvgIpc) is 2.56. The fraction of sp³-hybridized carbons (Fsp3) is 0.235. The molecule has 2 aromatic rings. The third-order valence-electron chi connectivity index (χ3n) is 3.56. The molecule has 0 radical (unpaired) electrons. The van der Waals surface area contributed by atoms with Gasteiger partial charge in [-0.3, -0.25) is 9.10 Å². The number of para-hydroxylation sites is 1. The molecule has 25 heavy (non-hydrogen) atoms. The average molecular weight is 368 g/mol. The lowest BCUT2D eigenvalue weighted by molar-refractivity contribution is -0.117. The van der Waals surface area contributed by atoms with E-state index < -0.39 is 34.1 Å². The quantitative estimate of drug-likeness (QED) is 0.788. The molecule has 2 aromatic carbocycles. The van der Waals surface area contributed by atoms with E-state index in [0.29, 0.717) is 12.2 Å². The van der Waals surface area contributed by atoms with Crippen LogP contribution >= 0.6 is 0 Å². The van der Waals surface area contributed by atoms with Crippen LogP contribution in [0.4, 0.5) is 20.2 Å². The van der Waals surface area contributed by atoms with Gasteiger partial charge in [0.15, 0.2) is 11.6 Å². The fourth-order valence-corrected chi connectivity index (χ4v) is 3.20. The van der Waals surface area contributed by atoms with Crippen LogP contribution in [0.5, 0.6) is 0 Å². The van der Waals surface area contributed by atoms with Crippen LogP contribution in [0.3, 0.4) is 0 Å². The Kier molecular flexibility index (Phi) is 5.73. The van der Waals surface area contributed by atoms with Gasteiger partial charge in [0.2, 0.25) is 15.9 Å². The monoisotopic (exact) mass is 368 g/mol. The number of nitrogens with zero attached hydrogens (tertiary/aromatic N) is 2. The third kappa shape index (κ3) is 4.54. The van der Waals surface area contributed by atoms with E-state index in [1.54, 1.807) is 37.3 Å². The van der Waals surface area contributed by atoms with Crippen LogP contribution in [0.1, 0.15) is 6.92 Å². The molecule has 0 aliphatic carbocycles. The van der Waals surface area contributed by atoms with E-state index in [1.807, 2.05) is 0 Å². The summed E-state index contributed by atoms with van der Waals surface area (Å²) >= 11 is 0. The van der Waals surface area contributed by atoms with Crippen LogP contribution < -0.4 is 9.21 Å². The second kappa shape index (κ2) is 7.60. The molecule has 0 heterocycles. The molecule has 0 aliphatic rings. The first-order chi connectivity index (χ1) is 11.7. The molecule has 0 N–H and O–H groups in total. The standard InChI is InChI=1S/C17H18F2N2O3S/c1-3-20(13-7-5-4-6-8-13)17(22)12-21(25(2,23)24)14-9-10-15(18)16(19)11-14/h4-11H,3,12H2,1-2H3. The van der Waals surface area contributed by atoms with Crippen LogP contribution in [0.25, 0.3) is 0 Å². The van der Waals surface area contributed by atoms with Gasteiger partial charge in [0, 0.05) is 18.3 Å². The van der Waals surface area contributed by atoms with Gasteiger partial charge < -0.3 is 4.90 Å². The lowest BCUT2D eigenvalue weighted by atomic mass is 10.2. The number of likely N-dealkylation sites (N-methyl/N-ethyl adjacent to an activating group) is 1. The molecule has 0 bridgehead atoms. The largest absolute Gasteiger partial charge is 0.311 e. The second-order valence-electron chi connectivity index (χ2n) is 5.34. The van der Waals surface area contributed by atoms with Gasteiger partial charge in [-0.05, 0) is 31.2 Å². The maximum atomic E-state index is 13.5. The first-order valence-electron chi connectivity index (χ1n) is 7.52. The summed E-state index contributed by atoms with van der Waals surface area (Å²) in [5, 5.41) is 0. The van der Waals surface area contributed by atoms with Crippen molar-refractivity contribution in [1.82, 2.24) is 0 Å². The molecule has 0 saturated heterocycles. The number of carbonyl (C=O) groups excluding carboxylic acids is 1.